The average Bonchev–Trinajstić information content (AvgIpc) is 2.62. The molecule has 0 aliphatic heterocycles. The van der Waals surface area contributed by atoms with Crippen molar-refractivity contribution < 1.29 is 5.11 Å². The third-order valence-electron chi connectivity index (χ3n) is 2.66. The maximum Gasteiger partial charge on any atom is 0.0951 e. The SMILES string of the molecule is CC(O)CCN(C)Cc1cncn1C(C)C. The van der Waals surface area contributed by atoms with Crippen molar-refractivity contribution >= 4 is 0 Å². The van der Waals surface area contributed by atoms with Crippen molar-refractivity contribution in [1.82, 2.24) is 14.5 Å². The van der Waals surface area contributed by atoms with Crippen LogP contribution in [-0.4, -0.2) is 39.3 Å². The van der Waals surface area contributed by atoms with Gasteiger partial charge in [-0.05, 0) is 34.2 Å². The summed E-state index contributed by atoms with van der Waals surface area (Å²) in [5, 5.41) is 9.23. The van der Waals surface area contributed by atoms with Gasteiger partial charge in [0.1, 0.15) is 0 Å². The molecule has 1 atom stereocenters. The molecule has 0 aromatic carbocycles. The van der Waals surface area contributed by atoms with Gasteiger partial charge >= 0.3 is 0 Å². The molecule has 4 nitrogen and oxygen atoms in total. The van der Waals surface area contributed by atoms with Gasteiger partial charge in [0.15, 0.2) is 0 Å². The lowest BCUT2D eigenvalue weighted by Crippen LogP contribution is -2.23. The van der Waals surface area contributed by atoms with Crippen LogP contribution in [-0.2, 0) is 6.54 Å². The van der Waals surface area contributed by atoms with Crippen LogP contribution in [0.3, 0.4) is 0 Å². The van der Waals surface area contributed by atoms with Crippen LogP contribution in [0.15, 0.2) is 12.5 Å². The smallest absolute Gasteiger partial charge is 0.0951 e. The molecule has 16 heavy (non-hydrogen) atoms. The lowest BCUT2D eigenvalue weighted by molar-refractivity contribution is 0.162. The van der Waals surface area contributed by atoms with Crippen molar-refractivity contribution in [2.45, 2.75) is 45.9 Å². The van der Waals surface area contributed by atoms with E-state index in [0.717, 1.165) is 19.5 Å². The molecule has 0 radical (unpaired) electrons. The molecule has 0 amide bonds. The van der Waals surface area contributed by atoms with Gasteiger partial charge in [0, 0.05) is 25.3 Å². The van der Waals surface area contributed by atoms with E-state index in [-0.39, 0.29) is 6.10 Å². The van der Waals surface area contributed by atoms with Crippen molar-refractivity contribution in [3.05, 3.63) is 18.2 Å². The zero-order chi connectivity index (χ0) is 12.1. The van der Waals surface area contributed by atoms with E-state index in [4.69, 9.17) is 0 Å². The summed E-state index contributed by atoms with van der Waals surface area (Å²) >= 11 is 0. The molecule has 0 saturated carbocycles. The molecular formula is C12H23N3O. The molecular weight excluding hydrogens is 202 g/mol. The molecule has 1 aromatic rings. The van der Waals surface area contributed by atoms with Gasteiger partial charge in [-0.15, -0.1) is 0 Å². The van der Waals surface area contributed by atoms with E-state index in [1.165, 1.54) is 5.69 Å². The lowest BCUT2D eigenvalue weighted by Gasteiger charge is -2.19. The van der Waals surface area contributed by atoms with Crippen molar-refractivity contribution in [2.24, 2.45) is 0 Å². The highest BCUT2D eigenvalue weighted by Gasteiger charge is 2.08. The predicted molar refractivity (Wildman–Crippen MR) is 65.2 cm³/mol. The van der Waals surface area contributed by atoms with Crippen LogP contribution < -0.4 is 0 Å². The monoisotopic (exact) mass is 225 g/mol. The Morgan fingerprint density at radius 2 is 2.12 bits per heavy atom. The maximum atomic E-state index is 9.23. The number of aromatic nitrogens is 2. The quantitative estimate of drug-likeness (QED) is 0.800. The van der Waals surface area contributed by atoms with Crippen molar-refractivity contribution in [3.8, 4) is 0 Å². The molecule has 0 fully saturated rings. The summed E-state index contributed by atoms with van der Waals surface area (Å²) in [5.41, 5.74) is 1.23. The van der Waals surface area contributed by atoms with Crippen molar-refractivity contribution in [3.63, 3.8) is 0 Å². The Morgan fingerprint density at radius 1 is 1.44 bits per heavy atom. The normalized spacial score (nSPS) is 13.7. The third kappa shape index (κ3) is 3.94. The van der Waals surface area contributed by atoms with Crippen LogP contribution in [0.1, 0.15) is 38.9 Å². The fourth-order valence-electron chi connectivity index (χ4n) is 1.68. The second kappa shape index (κ2) is 6.01. The number of aliphatic hydroxyl groups is 1. The van der Waals surface area contributed by atoms with Crippen LogP contribution in [0.5, 0.6) is 0 Å². The Hall–Kier alpha value is -0.870. The number of aliphatic hydroxyl groups excluding tert-OH is 1. The zero-order valence-electron chi connectivity index (χ0n) is 10.7. The van der Waals surface area contributed by atoms with E-state index in [1.54, 1.807) is 0 Å². The van der Waals surface area contributed by atoms with E-state index in [1.807, 2.05) is 19.4 Å². The van der Waals surface area contributed by atoms with E-state index < -0.39 is 0 Å². The average molecular weight is 225 g/mol. The molecule has 0 aliphatic rings. The summed E-state index contributed by atoms with van der Waals surface area (Å²) in [7, 11) is 2.07. The summed E-state index contributed by atoms with van der Waals surface area (Å²) in [6.45, 7) is 7.92. The van der Waals surface area contributed by atoms with Gasteiger partial charge in [0.25, 0.3) is 0 Å². The molecule has 1 N–H and O–H groups in total. The van der Waals surface area contributed by atoms with Gasteiger partial charge in [-0.3, -0.25) is 0 Å². The standard InChI is InChI=1S/C12H23N3O/c1-10(2)15-9-13-7-12(15)8-14(4)6-5-11(3)16/h7,9-11,16H,5-6,8H2,1-4H3. The summed E-state index contributed by atoms with van der Waals surface area (Å²) < 4.78 is 2.18. The fourth-order valence-corrected chi connectivity index (χ4v) is 1.68. The van der Waals surface area contributed by atoms with Crippen molar-refractivity contribution in [2.75, 3.05) is 13.6 Å². The summed E-state index contributed by atoms with van der Waals surface area (Å²) in [6.07, 6.45) is 4.38. The molecule has 1 rings (SSSR count). The highest BCUT2D eigenvalue weighted by atomic mass is 16.3. The topological polar surface area (TPSA) is 41.3 Å². The first-order valence-electron chi connectivity index (χ1n) is 5.88. The number of nitrogens with zero attached hydrogens (tertiary/aromatic N) is 3. The van der Waals surface area contributed by atoms with Crippen LogP contribution >= 0.6 is 0 Å². The minimum Gasteiger partial charge on any atom is -0.393 e. The van der Waals surface area contributed by atoms with E-state index >= 15 is 0 Å². The zero-order valence-corrected chi connectivity index (χ0v) is 10.7. The van der Waals surface area contributed by atoms with Gasteiger partial charge in [0.2, 0.25) is 0 Å². The molecule has 0 saturated heterocycles. The molecule has 0 aliphatic carbocycles. The molecule has 0 bridgehead atoms. The highest BCUT2D eigenvalue weighted by molar-refractivity contribution is 4.99. The molecule has 1 aromatic heterocycles. The van der Waals surface area contributed by atoms with Gasteiger partial charge < -0.3 is 14.6 Å². The maximum absolute atomic E-state index is 9.23. The Balaban J connectivity index is 2.49. The van der Waals surface area contributed by atoms with Gasteiger partial charge in [0.05, 0.1) is 18.1 Å². The van der Waals surface area contributed by atoms with Gasteiger partial charge in [-0.1, -0.05) is 0 Å². The Labute approximate surface area is 97.9 Å². The first kappa shape index (κ1) is 13.2. The Morgan fingerprint density at radius 3 is 2.69 bits per heavy atom. The minimum atomic E-state index is -0.225. The fraction of sp³-hybridized carbons (Fsp3) is 0.750. The number of hydrogen-bond acceptors (Lipinski definition) is 3. The summed E-state index contributed by atoms with van der Waals surface area (Å²) in [4.78, 5) is 6.39. The molecule has 1 heterocycles. The predicted octanol–water partition coefficient (Wildman–Crippen LogP) is 1.67. The minimum absolute atomic E-state index is 0.225. The van der Waals surface area contributed by atoms with Gasteiger partial charge in [-0.25, -0.2) is 4.98 Å². The van der Waals surface area contributed by atoms with Crippen LogP contribution in [0.2, 0.25) is 0 Å². The van der Waals surface area contributed by atoms with Crippen molar-refractivity contribution in [1.29, 1.82) is 0 Å². The summed E-state index contributed by atoms with van der Waals surface area (Å²) in [6, 6.07) is 0.447. The Bertz CT molecular complexity index is 307. The number of imidazole rings is 1. The highest BCUT2D eigenvalue weighted by Crippen LogP contribution is 2.10. The first-order valence-corrected chi connectivity index (χ1v) is 5.88. The molecule has 0 spiro atoms. The molecule has 4 heteroatoms. The Kier molecular flexibility index (Phi) is 4.96. The second-order valence-corrected chi connectivity index (χ2v) is 4.76. The van der Waals surface area contributed by atoms with Crippen LogP contribution in [0.25, 0.3) is 0 Å². The lowest BCUT2D eigenvalue weighted by atomic mass is 10.2. The number of hydrogen-bond donors (Lipinski definition) is 1. The third-order valence-corrected chi connectivity index (χ3v) is 2.66. The first-order chi connectivity index (χ1) is 7.50. The molecule has 92 valence electrons. The van der Waals surface area contributed by atoms with E-state index in [9.17, 15) is 5.11 Å². The van der Waals surface area contributed by atoms with Crippen LogP contribution in [0, 0.1) is 0 Å². The van der Waals surface area contributed by atoms with E-state index in [2.05, 4.69) is 35.3 Å². The summed E-state index contributed by atoms with van der Waals surface area (Å²) in [5.74, 6) is 0. The number of rotatable bonds is 6. The largest absolute Gasteiger partial charge is 0.393 e. The van der Waals surface area contributed by atoms with Crippen LogP contribution in [0.4, 0.5) is 0 Å². The van der Waals surface area contributed by atoms with E-state index in [0.29, 0.717) is 6.04 Å². The second-order valence-electron chi connectivity index (χ2n) is 4.76. The molecule has 1 unspecified atom stereocenters. The van der Waals surface area contributed by atoms with Gasteiger partial charge in [-0.2, -0.15) is 0 Å².